The maximum Gasteiger partial charge on any atom is 0.245 e. The molecule has 174 valence electrons. The third-order valence-electron chi connectivity index (χ3n) is 6.35. The van der Waals surface area contributed by atoms with E-state index in [0.29, 0.717) is 37.0 Å². The van der Waals surface area contributed by atoms with Crippen molar-refractivity contribution in [2.24, 2.45) is 0 Å². The Bertz CT molecular complexity index is 1150. The van der Waals surface area contributed by atoms with E-state index in [4.69, 9.17) is 9.47 Å². The lowest BCUT2D eigenvalue weighted by molar-refractivity contribution is -0.0748. The summed E-state index contributed by atoms with van der Waals surface area (Å²) in [5, 5.41) is 8.61. The lowest BCUT2D eigenvalue weighted by Gasteiger charge is -2.41. The molecule has 4 rings (SSSR count). The molecule has 10 heteroatoms. The highest BCUT2D eigenvalue weighted by atomic mass is 32.2. The molecule has 8 nitrogen and oxygen atoms in total. The second-order valence-electron chi connectivity index (χ2n) is 8.09. The molecule has 32 heavy (non-hydrogen) atoms. The topological polar surface area (TPSA) is 110 Å². The van der Waals surface area contributed by atoms with Crippen LogP contribution in [0.25, 0.3) is 0 Å². The van der Waals surface area contributed by atoms with Gasteiger partial charge < -0.3 is 14.6 Å². The average molecular weight is 482 g/mol. The third-order valence-corrected chi connectivity index (χ3v) is 10.6. The van der Waals surface area contributed by atoms with Gasteiger partial charge in [-0.25, -0.2) is 16.8 Å². The molecule has 2 aromatic rings. The van der Waals surface area contributed by atoms with Crippen molar-refractivity contribution in [2.75, 3.05) is 20.3 Å². The first-order valence-electron chi connectivity index (χ1n) is 10.5. The van der Waals surface area contributed by atoms with Gasteiger partial charge in [-0.1, -0.05) is 12.1 Å². The summed E-state index contributed by atoms with van der Waals surface area (Å²) in [4.78, 5) is 0.368. The van der Waals surface area contributed by atoms with E-state index in [1.165, 1.54) is 35.7 Å². The lowest BCUT2D eigenvalue weighted by atomic mass is 9.91. The highest BCUT2D eigenvalue weighted by Gasteiger charge is 2.52. The van der Waals surface area contributed by atoms with Gasteiger partial charge in [0, 0.05) is 6.54 Å². The van der Waals surface area contributed by atoms with Gasteiger partial charge >= 0.3 is 0 Å². The molecule has 1 aliphatic carbocycles. The van der Waals surface area contributed by atoms with Crippen LogP contribution in [0.5, 0.6) is 5.75 Å². The molecular weight excluding hydrogens is 454 g/mol. The Hall–Kier alpha value is -1.98. The number of hydrogen-bond donors (Lipinski definition) is 1. The molecule has 1 spiro atoms. The number of sulfonamides is 1. The summed E-state index contributed by atoms with van der Waals surface area (Å²) in [6.45, 7) is 0.324. The van der Waals surface area contributed by atoms with E-state index in [1.807, 2.05) is 0 Å². The molecule has 1 N–H and O–H groups in total. The highest BCUT2D eigenvalue weighted by molar-refractivity contribution is 7.92. The molecule has 1 heterocycles. The fraction of sp³-hybridized carbons (Fsp3) is 0.455. The van der Waals surface area contributed by atoms with Crippen LogP contribution < -0.4 is 4.74 Å². The molecule has 1 aliphatic heterocycles. The Kier molecular flexibility index (Phi) is 6.34. The molecule has 1 saturated heterocycles. The van der Waals surface area contributed by atoms with E-state index in [1.54, 1.807) is 24.3 Å². The highest BCUT2D eigenvalue weighted by Crippen LogP contribution is 2.43. The van der Waals surface area contributed by atoms with Crippen LogP contribution in [-0.4, -0.2) is 57.5 Å². The fourth-order valence-electron chi connectivity index (χ4n) is 4.53. The molecule has 0 amide bonds. The van der Waals surface area contributed by atoms with Gasteiger partial charge in [0.05, 0.1) is 35.4 Å². The Labute approximate surface area is 188 Å². The van der Waals surface area contributed by atoms with Crippen molar-refractivity contribution in [1.29, 1.82) is 0 Å². The van der Waals surface area contributed by atoms with Crippen molar-refractivity contribution in [2.45, 2.75) is 53.1 Å². The first-order chi connectivity index (χ1) is 15.2. The van der Waals surface area contributed by atoms with Crippen molar-refractivity contribution in [3.63, 3.8) is 0 Å². The number of benzene rings is 2. The van der Waals surface area contributed by atoms with Crippen molar-refractivity contribution < 1.29 is 31.4 Å². The summed E-state index contributed by atoms with van der Waals surface area (Å²) in [7, 11) is -5.85. The number of methoxy groups -OCH3 is 1. The molecule has 0 bridgehead atoms. The summed E-state index contributed by atoms with van der Waals surface area (Å²) in [6.07, 6.45) is 1.23. The zero-order valence-corrected chi connectivity index (χ0v) is 19.4. The van der Waals surface area contributed by atoms with Crippen molar-refractivity contribution in [3.05, 3.63) is 54.1 Å². The van der Waals surface area contributed by atoms with E-state index >= 15 is 0 Å². The summed E-state index contributed by atoms with van der Waals surface area (Å²) < 4.78 is 65.3. The maximum atomic E-state index is 13.3. The molecule has 2 fully saturated rings. The van der Waals surface area contributed by atoms with Crippen molar-refractivity contribution >= 4 is 19.9 Å². The summed E-state index contributed by atoms with van der Waals surface area (Å²) in [5.74, 6) is 0.582. The minimum atomic E-state index is -3.82. The quantitative estimate of drug-likeness (QED) is 0.674. The molecule has 0 aromatic heterocycles. The number of aliphatic hydroxyl groups is 1. The minimum absolute atomic E-state index is 0.132. The van der Waals surface area contributed by atoms with Crippen LogP contribution >= 0.6 is 0 Å². The number of aliphatic hydroxyl groups excluding tert-OH is 1. The smallest absolute Gasteiger partial charge is 0.245 e. The van der Waals surface area contributed by atoms with Crippen LogP contribution in [0.15, 0.2) is 58.3 Å². The molecule has 0 unspecified atom stereocenters. The van der Waals surface area contributed by atoms with Crippen LogP contribution in [0.1, 0.15) is 31.2 Å². The molecule has 0 atom stereocenters. The predicted octanol–water partition coefficient (Wildman–Crippen LogP) is 2.32. The average Bonchev–Trinajstić information content (AvgIpc) is 3.23. The van der Waals surface area contributed by atoms with Gasteiger partial charge in [0.15, 0.2) is 9.84 Å². The van der Waals surface area contributed by atoms with E-state index < -0.39 is 30.8 Å². The summed E-state index contributed by atoms with van der Waals surface area (Å²) in [6, 6.07) is 12.4. The zero-order valence-electron chi connectivity index (χ0n) is 17.8. The normalized spacial score (nSPS) is 24.6. The van der Waals surface area contributed by atoms with Crippen LogP contribution in [-0.2, 0) is 31.2 Å². The Balaban J connectivity index is 1.53. The summed E-state index contributed by atoms with van der Waals surface area (Å²) >= 11 is 0. The number of rotatable bonds is 6. The molecule has 2 aromatic carbocycles. The van der Waals surface area contributed by atoms with E-state index in [2.05, 4.69) is 0 Å². The van der Waals surface area contributed by atoms with Crippen molar-refractivity contribution in [3.8, 4) is 5.75 Å². The standard InChI is InChI=1S/C22H27NO7S2/c1-29-18-4-8-19(9-5-18)31(25,26)20-10-12-22(13-11-20)23(14-15-30-22)32(27,28)21-6-2-17(16-24)3-7-21/h2-9,20,24H,10-16H2,1H3. The van der Waals surface area contributed by atoms with Crippen LogP contribution in [0.4, 0.5) is 0 Å². The lowest BCUT2D eigenvalue weighted by Crippen LogP contribution is -2.51. The number of nitrogens with zero attached hydrogens (tertiary/aromatic N) is 1. The van der Waals surface area contributed by atoms with Crippen LogP contribution in [0.2, 0.25) is 0 Å². The molecule has 0 radical (unpaired) electrons. The van der Waals surface area contributed by atoms with E-state index in [-0.39, 0.29) is 29.5 Å². The number of ether oxygens (including phenoxy) is 2. The molecule has 1 saturated carbocycles. The van der Waals surface area contributed by atoms with Crippen molar-refractivity contribution in [1.82, 2.24) is 4.31 Å². The fourth-order valence-corrected chi connectivity index (χ4v) is 8.01. The number of sulfone groups is 1. The van der Waals surface area contributed by atoms with Gasteiger partial charge in [-0.3, -0.25) is 0 Å². The van der Waals surface area contributed by atoms with Gasteiger partial charge in [0.25, 0.3) is 0 Å². The minimum Gasteiger partial charge on any atom is -0.497 e. The third kappa shape index (κ3) is 4.06. The Morgan fingerprint density at radius 1 is 1.00 bits per heavy atom. The summed E-state index contributed by atoms with van der Waals surface area (Å²) in [5.41, 5.74) is -0.402. The Morgan fingerprint density at radius 3 is 2.16 bits per heavy atom. The van der Waals surface area contributed by atoms with Crippen LogP contribution in [0, 0.1) is 0 Å². The van der Waals surface area contributed by atoms with Crippen LogP contribution in [0.3, 0.4) is 0 Å². The second kappa shape index (κ2) is 8.75. The number of hydrogen-bond acceptors (Lipinski definition) is 7. The van der Waals surface area contributed by atoms with E-state index in [0.717, 1.165) is 0 Å². The Morgan fingerprint density at radius 2 is 1.59 bits per heavy atom. The first kappa shape index (κ1) is 23.2. The maximum absolute atomic E-state index is 13.3. The van der Waals surface area contributed by atoms with E-state index in [9.17, 15) is 21.9 Å². The van der Waals surface area contributed by atoms with Gasteiger partial charge in [-0.05, 0) is 67.6 Å². The van der Waals surface area contributed by atoms with Gasteiger partial charge in [0.2, 0.25) is 10.0 Å². The predicted molar refractivity (Wildman–Crippen MR) is 117 cm³/mol. The van der Waals surface area contributed by atoms with Gasteiger partial charge in [0.1, 0.15) is 11.5 Å². The zero-order chi connectivity index (χ0) is 23.0. The van der Waals surface area contributed by atoms with Gasteiger partial charge in [-0.2, -0.15) is 4.31 Å². The van der Waals surface area contributed by atoms with Gasteiger partial charge in [-0.15, -0.1) is 0 Å². The first-order valence-corrected chi connectivity index (χ1v) is 13.5. The largest absolute Gasteiger partial charge is 0.497 e. The molecular formula is C22H27NO7S2. The second-order valence-corrected chi connectivity index (χ2v) is 12.2. The monoisotopic (exact) mass is 481 g/mol. The SMILES string of the molecule is COc1ccc(S(=O)(=O)C2CCC3(CC2)OCCN3S(=O)(=O)c2ccc(CO)cc2)cc1. The molecule has 2 aliphatic rings.